The van der Waals surface area contributed by atoms with Gasteiger partial charge in [-0.15, -0.1) is 0 Å². The first-order chi connectivity index (χ1) is 2.77. The van der Waals surface area contributed by atoms with E-state index in [1.54, 1.807) is 13.0 Å². The van der Waals surface area contributed by atoms with E-state index in [0.717, 1.165) is 0 Å². The predicted octanol–water partition coefficient (Wildman–Crippen LogP) is 0.258. The molecule has 0 aliphatic rings. The molecule has 0 saturated heterocycles. The van der Waals surface area contributed by atoms with Crippen LogP contribution in [0.2, 0.25) is 0 Å². The number of allylic oxidation sites excluding steroid dienone is 2. The van der Waals surface area contributed by atoms with Crippen molar-refractivity contribution in [2.75, 3.05) is 0 Å². The third-order valence-corrected chi connectivity index (χ3v) is 0.588. The van der Waals surface area contributed by atoms with Gasteiger partial charge in [-0.3, -0.25) is 0 Å². The molecule has 0 rings (SSSR count). The summed E-state index contributed by atoms with van der Waals surface area (Å²) < 4.78 is -0.0162. The van der Waals surface area contributed by atoms with Crippen molar-refractivity contribution in [3.8, 4) is 0 Å². The summed E-state index contributed by atoms with van der Waals surface area (Å²) in [5.41, 5.74) is 0. The van der Waals surface area contributed by atoms with Gasteiger partial charge in [0.15, 0.2) is 0 Å². The van der Waals surface area contributed by atoms with Crippen LogP contribution in [0.3, 0.4) is 0 Å². The molecule has 2 heteroatoms. The second-order valence-corrected chi connectivity index (χ2v) is 1.66. The molecular weight excluding hydrogens is 143 g/mol. The predicted molar refractivity (Wildman–Crippen MR) is 25.6 cm³/mol. The molecule has 0 aliphatic heterocycles. The van der Waals surface area contributed by atoms with Gasteiger partial charge in [-0.2, -0.15) is 0 Å². The average molecular weight is 148 g/mol. The van der Waals surface area contributed by atoms with Crippen molar-refractivity contribution in [1.29, 1.82) is 0 Å². The van der Waals surface area contributed by atoms with Crippen LogP contribution in [-0.4, -0.2) is 20.7 Å². The molecule has 0 unspecified atom stereocenters. The topological polar surface area (TPSA) is 17.1 Å². The molecule has 1 nitrogen and oxygen atoms in total. The molecule has 33 valence electrons. The SMILES string of the molecule is C/C=C/C(=O)[Se]. The normalized spacial score (nSPS) is 9.50. The van der Waals surface area contributed by atoms with Gasteiger partial charge in [0.2, 0.25) is 0 Å². The van der Waals surface area contributed by atoms with E-state index < -0.39 is 0 Å². The second-order valence-electron chi connectivity index (χ2n) is 0.819. The van der Waals surface area contributed by atoms with Crippen LogP contribution in [0.15, 0.2) is 12.2 Å². The number of hydrogen-bond donors (Lipinski definition) is 0. The summed E-state index contributed by atoms with van der Waals surface area (Å²) >= 11 is 2.32. The van der Waals surface area contributed by atoms with Crippen LogP contribution >= 0.6 is 0 Å². The maximum absolute atomic E-state index is 9.90. The number of hydrogen-bond acceptors (Lipinski definition) is 1. The van der Waals surface area contributed by atoms with Crippen LogP contribution in [0.1, 0.15) is 6.92 Å². The van der Waals surface area contributed by atoms with Gasteiger partial charge in [0, 0.05) is 0 Å². The van der Waals surface area contributed by atoms with Gasteiger partial charge < -0.3 is 0 Å². The molecule has 0 heterocycles. The van der Waals surface area contributed by atoms with E-state index in [1.165, 1.54) is 6.08 Å². The molecular formula is C4H5OSe. The van der Waals surface area contributed by atoms with Crippen molar-refractivity contribution in [2.45, 2.75) is 6.92 Å². The monoisotopic (exact) mass is 149 g/mol. The van der Waals surface area contributed by atoms with E-state index in [1.807, 2.05) is 0 Å². The quantitative estimate of drug-likeness (QED) is 0.385. The summed E-state index contributed by atoms with van der Waals surface area (Å²) in [6.45, 7) is 1.80. The van der Waals surface area contributed by atoms with E-state index in [9.17, 15) is 4.79 Å². The first-order valence-corrected chi connectivity index (χ1v) is 2.46. The fourth-order valence-electron chi connectivity index (χ4n) is 0.136. The summed E-state index contributed by atoms with van der Waals surface area (Å²) in [4.78, 5) is 9.90. The molecule has 0 aromatic carbocycles. The van der Waals surface area contributed by atoms with Gasteiger partial charge in [0.05, 0.1) is 0 Å². The Balaban J connectivity index is 3.30. The van der Waals surface area contributed by atoms with Crippen molar-refractivity contribution < 1.29 is 4.79 Å². The van der Waals surface area contributed by atoms with Crippen LogP contribution in [0.25, 0.3) is 0 Å². The Morgan fingerprint density at radius 2 is 2.33 bits per heavy atom. The van der Waals surface area contributed by atoms with Gasteiger partial charge in [-0.05, 0) is 0 Å². The summed E-state index contributed by atoms with van der Waals surface area (Å²) in [7, 11) is 0. The van der Waals surface area contributed by atoms with E-state index in [4.69, 9.17) is 0 Å². The Morgan fingerprint density at radius 3 is 2.33 bits per heavy atom. The maximum atomic E-state index is 9.90. The van der Waals surface area contributed by atoms with Crippen molar-refractivity contribution in [1.82, 2.24) is 0 Å². The third-order valence-electron chi connectivity index (χ3n) is 0.303. The molecule has 0 amide bonds. The standard InChI is InChI=1S/C4H5OSe/c1-2-3-4(5)6/h2-3H,1H3/b3-2+. The average Bonchev–Trinajstić information content (AvgIpc) is 1.35. The second kappa shape index (κ2) is 3.13. The van der Waals surface area contributed by atoms with Gasteiger partial charge in [-0.1, -0.05) is 0 Å². The molecule has 0 spiro atoms. The number of rotatable bonds is 1. The molecule has 0 N–H and O–H groups in total. The fraction of sp³-hybridized carbons (Fsp3) is 0.250. The molecule has 0 aromatic heterocycles. The van der Waals surface area contributed by atoms with Gasteiger partial charge in [-0.25, -0.2) is 0 Å². The third kappa shape index (κ3) is 3.93. The zero-order valence-corrected chi connectivity index (χ0v) is 5.18. The van der Waals surface area contributed by atoms with E-state index in [0.29, 0.717) is 0 Å². The zero-order chi connectivity index (χ0) is 4.99. The van der Waals surface area contributed by atoms with Crippen LogP contribution in [0.5, 0.6) is 0 Å². The molecule has 0 bridgehead atoms. The molecule has 0 atom stereocenters. The summed E-state index contributed by atoms with van der Waals surface area (Å²) in [6.07, 6.45) is 3.17. The minimum absolute atomic E-state index is 0.0162. The van der Waals surface area contributed by atoms with Crippen LogP contribution in [0.4, 0.5) is 0 Å². The van der Waals surface area contributed by atoms with Crippen molar-refractivity contribution in [3.63, 3.8) is 0 Å². The van der Waals surface area contributed by atoms with E-state index >= 15 is 0 Å². The van der Waals surface area contributed by atoms with E-state index in [2.05, 4.69) is 16.0 Å². The van der Waals surface area contributed by atoms with Crippen molar-refractivity contribution in [2.24, 2.45) is 0 Å². The number of carbonyl (C=O) groups excluding carboxylic acids is 1. The van der Waals surface area contributed by atoms with Crippen LogP contribution < -0.4 is 0 Å². The van der Waals surface area contributed by atoms with Crippen LogP contribution in [-0.2, 0) is 4.79 Å². The molecule has 0 saturated carbocycles. The molecule has 6 heavy (non-hydrogen) atoms. The summed E-state index contributed by atoms with van der Waals surface area (Å²) in [5.74, 6) is 0. The van der Waals surface area contributed by atoms with Crippen LogP contribution in [0, 0.1) is 0 Å². The first kappa shape index (κ1) is 5.93. The summed E-state index contributed by atoms with van der Waals surface area (Å²) in [5, 5.41) is 0. The number of carbonyl (C=O) groups is 1. The molecule has 0 aromatic rings. The van der Waals surface area contributed by atoms with Crippen molar-refractivity contribution >= 4 is 20.7 Å². The van der Waals surface area contributed by atoms with Gasteiger partial charge >= 0.3 is 44.6 Å². The molecule has 1 radical (unpaired) electrons. The molecule has 0 fully saturated rings. The van der Waals surface area contributed by atoms with Gasteiger partial charge in [0.1, 0.15) is 0 Å². The molecule has 0 aliphatic carbocycles. The Kier molecular flexibility index (Phi) is 3.10. The fourth-order valence-corrected chi connectivity index (χ4v) is 0.422. The Labute approximate surface area is 45.2 Å². The minimum atomic E-state index is -0.0162. The Hall–Kier alpha value is -0.0705. The van der Waals surface area contributed by atoms with E-state index in [-0.39, 0.29) is 4.68 Å². The summed E-state index contributed by atoms with van der Waals surface area (Å²) in [6, 6.07) is 0. The zero-order valence-electron chi connectivity index (χ0n) is 3.47. The Morgan fingerprint density at radius 1 is 1.83 bits per heavy atom. The Bertz CT molecular complexity index is 75.6. The first-order valence-electron chi connectivity index (χ1n) is 1.61. The van der Waals surface area contributed by atoms with Gasteiger partial charge in [0.25, 0.3) is 0 Å². The van der Waals surface area contributed by atoms with Crippen molar-refractivity contribution in [3.05, 3.63) is 12.2 Å².